The van der Waals surface area contributed by atoms with Crippen molar-refractivity contribution in [3.63, 3.8) is 0 Å². The molecule has 0 fully saturated rings. The molecule has 2 aromatic carbocycles. The van der Waals surface area contributed by atoms with Crippen LogP contribution in [-0.4, -0.2) is 10.7 Å². The highest BCUT2D eigenvalue weighted by molar-refractivity contribution is 6.17. The van der Waals surface area contributed by atoms with Crippen LogP contribution in [0.4, 0.5) is 5.69 Å². The normalized spacial score (nSPS) is 10.2. The lowest BCUT2D eigenvalue weighted by Crippen LogP contribution is -2.03. The molecular formula is C14H10ClNO3. The van der Waals surface area contributed by atoms with Crippen molar-refractivity contribution >= 4 is 23.1 Å². The number of carbonyl (C=O) groups excluding carboxylic acids is 1. The number of benzene rings is 2. The van der Waals surface area contributed by atoms with E-state index in [-0.39, 0.29) is 17.4 Å². The van der Waals surface area contributed by atoms with Crippen molar-refractivity contribution in [2.75, 3.05) is 0 Å². The van der Waals surface area contributed by atoms with Crippen LogP contribution in [0.2, 0.25) is 0 Å². The minimum Gasteiger partial charge on any atom is -0.289 e. The summed E-state index contributed by atoms with van der Waals surface area (Å²) < 4.78 is 0. The van der Waals surface area contributed by atoms with Gasteiger partial charge < -0.3 is 0 Å². The molecule has 0 unspecified atom stereocenters. The Bertz CT molecular complexity index is 626. The van der Waals surface area contributed by atoms with Gasteiger partial charge in [0.25, 0.3) is 5.69 Å². The van der Waals surface area contributed by atoms with E-state index in [0.717, 1.165) is 0 Å². The Labute approximate surface area is 114 Å². The predicted molar refractivity (Wildman–Crippen MR) is 72.5 cm³/mol. The van der Waals surface area contributed by atoms with Crippen molar-refractivity contribution in [3.8, 4) is 0 Å². The van der Waals surface area contributed by atoms with Crippen LogP contribution in [0.5, 0.6) is 0 Å². The van der Waals surface area contributed by atoms with Gasteiger partial charge in [0.15, 0.2) is 5.78 Å². The molecule has 19 heavy (non-hydrogen) atoms. The second kappa shape index (κ2) is 5.63. The molecule has 0 saturated carbocycles. The van der Waals surface area contributed by atoms with E-state index in [1.165, 1.54) is 18.2 Å². The maximum Gasteiger partial charge on any atom is 0.273 e. The first-order valence-electron chi connectivity index (χ1n) is 5.56. The maximum atomic E-state index is 12.2. The molecule has 0 amide bonds. The van der Waals surface area contributed by atoms with Gasteiger partial charge in [-0.2, -0.15) is 0 Å². The van der Waals surface area contributed by atoms with Gasteiger partial charge in [-0.15, -0.1) is 11.6 Å². The number of halogens is 1. The molecule has 0 spiro atoms. The summed E-state index contributed by atoms with van der Waals surface area (Å²) in [7, 11) is 0. The monoisotopic (exact) mass is 275 g/mol. The first-order chi connectivity index (χ1) is 9.13. The van der Waals surface area contributed by atoms with Gasteiger partial charge in [0, 0.05) is 22.8 Å². The molecular weight excluding hydrogens is 266 g/mol. The number of hydrogen-bond acceptors (Lipinski definition) is 3. The van der Waals surface area contributed by atoms with Crippen LogP contribution in [-0.2, 0) is 5.88 Å². The number of hydrogen-bond donors (Lipinski definition) is 0. The number of rotatable bonds is 4. The van der Waals surface area contributed by atoms with Crippen molar-refractivity contribution in [1.82, 2.24) is 0 Å². The van der Waals surface area contributed by atoms with E-state index in [0.29, 0.717) is 16.7 Å². The number of alkyl halides is 1. The Balaban J connectivity index is 2.42. The van der Waals surface area contributed by atoms with Gasteiger partial charge in [-0.25, -0.2) is 0 Å². The highest BCUT2D eigenvalue weighted by Crippen LogP contribution is 2.23. The highest BCUT2D eigenvalue weighted by Gasteiger charge is 2.16. The van der Waals surface area contributed by atoms with Crippen LogP contribution in [0.3, 0.4) is 0 Å². The highest BCUT2D eigenvalue weighted by atomic mass is 35.5. The third kappa shape index (κ3) is 2.80. The summed E-state index contributed by atoms with van der Waals surface area (Å²) >= 11 is 5.68. The van der Waals surface area contributed by atoms with E-state index < -0.39 is 4.92 Å². The van der Waals surface area contributed by atoms with Gasteiger partial charge >= 0.3 is 0 Å². The number of nitro benzene ring substituents is 1. The lowest BCUT2D eigenvalue weighted by Gasteiger charge is -2.04. The molecule has 0 heterocycles. The Hall–Kier alpha value is -2.20. The van der Waals surface area contributed by atoms with E-state index in [1.54, 1.807) is 24.3 Å². The van der Waals surface area contributed by atoms with Crippen LogP contribution in [0.1, 0.15) is 21.5 Å². The summed E-state index contributed by atoms with van der Waals surface area (Å²) in [5.74, 6) is -0.187. The van der Waals surface area contributed by atoms with Crippen LogP contribution in [0.25, 0.3) is 0 Å². The molecule has 0 aromatic heterocycles. The second-order valence-electron chi connectivity index (χ2n) is 3.93. The maximum absolute atomic E-state index is 12.2. The van der Waals surface area contributed by atoms with E-state index in [4.69, 9.17) is 11.6 Å². The van der Waals surface area contributed by atoms with Crippen molar-refractivity contribution < 1.29 is 9.72 Å². The van der Waals surface area contributed by atoms with Gasteiger partial charge in [-0.05, 0) is 12.1 Å². The average molecular weight is 276 g/mol. The number of ketones is 1. The number of nitrogens with zero attached hydrogens (tertiary/aromatic N) is 1. The molecule has 0 radical (unpaired) electrons. The van der Waals surface area contributed by atoms with Crippen molar-refractivity contribution in [2.24, 2.45) is 0 Å². The summed E-state index contributed by atoms with van der Waals surface area (Å²) in [6, 6.07) is 13.0. The summed E-state index contributed by atoms with van der Waals surface area (Å²) in [5.41, 5.74) is 1.21. The summed E-state index contributed by atoms with van der Waals surface area (Å²) in [4.78, 5) is 22.5. The van der Waals surface area contributed by atoms with Crippen LogP contribution in [0, 0.1) is 10.1 Å². The van der Waals surface area contributed by atoms with E-state index in [9.17, 15) is 14.9 Å². The largest absolute Gasteiger partial charge is 0.289 e. The number of carbonyl (C=O) groups is 1. The molecule has 2 rings (SSSR count). The lowest BCUT2D eigenvalue weighted by atomic mass is 10.0. The third-order valence-corrected chi connectivity index (χ3v) is 3.01. The zero-order valence-electron chi connectivity index (χ0n) is 9.88. The molecule has 5 heteroatoms. The molecule has 0 aliphatic carbocycles. The molecule has 0 aliphatic rings. The topological polar surface area (TPSA) is 60.2 Å². The van der Waals surface area contributed by atoms with Gasteiger partial charge in [-0.3, -0.25) is 14.9 Å². The van der Waals surface area contributed by atoms with Crippen LogP contribution >= 0.6 is 11.6 Å². The summed E-state index contributed by atoms with van der Waals surface area (Å²) in [5, 5.41) is 10.8. The molecule has 0 saturated heterocycles. The van der Waals surface area contributed by atoms with Crippen molar-refractivity contribution in [2.45, 2.75) is 5.88 Å². The molecule has 0 aliphatic heterocycles. The minimum atomic E-state index is -0.505. The van der Waals surface area contributed by atoms with Crippen molar-refractivity contribution in [1.29, 1.82) is 0 Å². The average Bonchev–Trinajstić information content (AvgIpc) is 2.46. The zero-order valence-corrected chi connectivity index (χ0v) is 10.6. The Morgan fingerprint density at radius 3 is 2.37 bits per heavy atom. The Morgan fingerprint density at radius 2 is 1.79 bits per heavy atom. The minimum absolute atomic E-state index is 0.00772. The number of nitro groups is 1. The second-order valence-corrected chi connectivity index (χ2v) is 4.20. The fourth-order valence-corrected chi connectivity index (χ4v) is 1.98. The zero-order chi connectivity index (χ0) is 13.8. The first-order valence-corrected chi connectivity index (χ1v) is 6.10. The van der Waals surface area contributed by atoms with Crippen molar-refractivity contribution in [3.05, 3.63) is 75.3 Å². The molecule has 0 atom stereocenters. The van der Waals surface area contributed by atoms with Gasteiger partial charge in [0.05, 0.1) is 10.8 Å². The fraction of sp³-hybridized carbons (Fsp3) is 0.0714. The molecule has 0 bridgehead atoms. The van der Waals surface area contributed by atoms with Crippen LogP contribution in [0.15, 0.2) is 48.5 Å². The Morgan fingerprint density at radius 1 is 1.11 bits per heavy atom. The lowest BCUT2D eigenvalue weighted by molar-refractivity contribution is -0.385. The Kier molecular flexibility index (Phi) is 3.92. The molecule has 2 aromatic rings. The third-order valence-electron chi connectivity index (χ3n) is 2.72. The summed E-state index contributed by atoms with van der Waals surface area (Å²) in [6.07, 6.45) is 0. The fourth-order valence-electron chi connectivity index (χ4n) is 1.77. The molecule has 4 nitrogen and oxygen atoms in total. The van der Waals surface area contributed by atoms with E-state index >= 15 is 0 Å². The quantitative estimate of drug-likeness (QED) is 0.371. The van der Waals surface area contributed by atoms with Gasteiger partial charge in [-0.1, -0.05) is 30.3 Å². The van der Waals surface area contributed by atoms with Crippen LogP contribution < -0.4 is 0 Å². The SMILES string of the molecule is O=C(c1ccccc1)c1ccc([N+](=O)[O-])c(CCl)c1. The van der Waals surface area contributed by atoms with Gasteiger partial charge in [0.1, 0.15) is 0 Å². The standard InChI is InChI=1S/C14H10ClNO3/c15-9-12-8-11(6-7-13(12)16(18)19)14(17)10-4-2-1-3-5-10/h1-8H,9H2. The summed E-state index contributed by atoms with van der Waals surface area (Å²) in [6.45, 7) is 0. The predicted octanol–water partition coefficient (Wildman–Crippen LogP) is 3.56. The van der Waals surface area contributed by atoms with Gasteiger partial charge in [0.2, 0.25) is 0 Å². The van der Waals surface area contributed by atoms with E-state index in [2.05, 4.69) is 0 Å². The first kappa shape index (κ1) is 13.2. The molecule has 0 N–H and O–H groups in total. The molecule has 96 valence electrons. The van der Waals surface area contributed by atoms with E-state index in [1.807, 2.05) is 6.07 Å². The smallest absolute Gasteiger partial charge is 0.273 e.